The lowest BCUT2D eigenvalue weighted by Crippen LogP contribution is -1.99. The van der Waals surface area contributed by atoms with E-state index in [1.54, 1.807) is 16.4 Å². The Morgan fingerprint density at radius 3 is 2.46 bits per heavy atom. The molecule has 0 saturated heterocycles. The highest BCUT2D eigenvalue weighted by Gasteiger charge is 2.16. The summed E-state index contributed by atoms with van der Waals surface area (Å²) < 4.78 is 3.88. The second kappa shape index (κ2) is 7.35. The average Bonchev–Trinajstić information content (AvgIpc) is 3.27. The van der Waals surface area contributed by atoms with Gasteiger partial charge in [-0.1, -0.05) is 41.6 Å². The number of para-hydroxylation sites is 1. The third-order valence-electron chi connectivity index (χ3n) is 3.88. The first kappa shape index (κ1) is 16.9. The minimum absolute atomic E-state index is 0.700. The Labute approximate surface area is 160 Å². The molecule has 0 spiro atoms. The second-order valence-corrected chi connectivity index (χ2v) is 7.17. The molecule has 0 aliphatic heterocycles. The van der Waals surface area contributed by atoms with Gasteiger partial charge in [0.05, 0.1) is 6.20 Å². The monoisotopic (exact) mass is 381 g/mol. The van der Waals surface area contributed by atoms with Crippen LogP contribution < -0.4 is 0 Å². The summed E-state index contributed by atoms with van der Waals surface area (Å²) in [6.07, 6.45) is 3.88. The highest BCUT2D eigenvalue weighted by molar-refractivity contribution is 7.98. The molecule has 0 radical (unpaired) electrons. The predicted octanol–water partition coefficient (Wildman–Crippen LogP) is 4.61. The number of rotatable bonds is 5. The molecule has 0 aliphatic carbocycles. The van der Waals surface area contributed by atoms with Crippen LogP contribution in [0.25, 0.3) is 17.1 Å². The maximum absolute atomic E-state index is 6.03. The lowest BCUT2D eigenvalue weighted by molar-refractivity contribution is 0.767. The standard InChI is InChI=1S/C19H16ClN5S/c1-24-12-14(11-21-24)13-26-19-23-22-18(15-7-9-16(20)10-8-15)25(19)17-5-3-2-4-6-17/h2-12H,13H2,1H3. The molecule has 26 heavy (non-hydrogen) atoms. The van der Waals surface area contributed by atoms with Crippen molar-refractivity contribution >= 4 is 23.4 Å². The van der Waals surface area contributed by atoms with E-state index in [2.05, 4.69) is 32.0 Å². The Morgan fingerprint density at radius 1 is 1.00 bits per heavy atom. The molecule has 0 atom stereocenters. The fraction of sp³-hybridized carbons (Fsp3) is 0.105. The molecule has 0 unspecified atom stereocenters. The van der Waals surface area contributed by atoms with Crippen LogP contribution in [0.3, 0.4) is 0 Å². The molecule has 130 valence electrons. The zero-order valence-corrected chi connectivity index (χ0v) is 15.7. The van der Waals surface area contributed by atoms with E-state index in [0.717, 1.165) is 33.5 Å². The molecule has 0 bridgehead atoms. The maximum Gasteiger partial charge on any atom is 0.196 e. The molecule has 4 rings (SSSR count). The van der Waals surface area contributed by atoms with Crippen LogP contribution in [-0.2, 0) is 12.8 Å². The van der Waals surface area contributed by atoms with Crippen LogP contribution in [0.2, 0.25) is 5.02 Å². The van der Waals surface area contributed by atoms with Gasteiger partial charge < -0.3 is 0 Å². The maximum atomic E-state index is 6.03. The Bertz CT molecular complexity index is 1010. The van der Waals surface area contributed by atoms with Crippen LogP contribution in [0, 0.1) is 0 Å². The third kappa shape index (κ3) is 3.52. The minimum atomic E-state index is 0.700. The zero-order chi connectivity index (χ0) is 17.9. The highest BCUT2D eigenvalue weighted by Crippen LogP contribution is 2.30. The van der Waals surface area contributed by atoms with Gasteiger partial charge in [0.1, 0.15) is 0 Å². The molecule has 0 N–H and O–H groups in total. The summed E-state index contributed by atoms with van der Waals surface area (Å²) in [6, 6.07) is 17.8. The summed E-state index contributed by atoms with van der Waals surface area (Å²) >= 11 is 7.66. The Kier molecular flexibility index (Phi) is 4.77. The normalized spacial score (nSPS) is 11.0. The quantitative estimate of drug-likeness (QED) is 0.473. The van der Waals surface area contributed by atoms with Gasteiger partial charge in [0.15, 0.2) is 11.0 Å². The van der Waals surface area contributed by atoms with Crippen LogP contribution in [0.1, 0.15) is 5.56 Å². The number of aromatic nitrogens is 5. The van der Waals surface area contributed by atoms with Crippen molar-refractivity contribution in [1.82, 2.24) is 24.5 Å². The topological polar surface area (TPSA) is 48.5 Å². The van der Waals surface area contributed by atoms with E-state index in [-0.39, 0.29) is 0 Å². The largest absolute Gasteiger partial charge is 0.276 e. The molecule has 2 heterocycles. The van der Waals surface area contributed by atoms with Crippen LogP contribution in [0.15, 0.2) is 72.1 Å². The SMILES string of the molecule is Cn1cc(CSc2nnc(-c3ccc(Cl)cc3)n2-c2ccccc2)cn1. The smallest absolute Gasteiger partial charge is 0.196 e. The molecule has 2 aromatic carbocycles. The number of nitrogens with zero attached hydrogens (tertiary/aromatic N) is 5. The lowest BCUT2D eigenvalue weighted by Gasteiger charge is -2.10. The van der Waals surface area contributed by atoms with Crippen LogP contribution in [0.5, 0.6) is 0 Å². The number of halogens is 1. The van der Waals surface area contributed by atoms with Crippen molar-refractivity contribution in [3.8, 4) is 17.1 Å². The summed E-state index contributed by atoms with van der Waals surface area (Å²) in [7, 11) is 1.92. The van der Waals surface area contributed by atoms with Crippen molar-refractivity contribution in [2.24, 2.45) is 7.05 Å². The van der Waals surface area contributed by atoms with E-state index >= 15 is 0 Å². The Morgan fingerprint density at radius 2 is 1.77 bits per heavy atom. The molecule has 0 saturated carbocycles. The summed E-state index contributed by atoms with van der Waals surface area (Å²) in [4.78, 5) is 0. The van der Waals surface area contributed by atoms with Crippen LogP contribution in [-0.4, -0.2) is 24.5 Å². The summed E-state index contributed by atoms with van der Waals surface area (Å²) in [5, 5.41) is 14.6. The van der Waals surface area contributed by atoms with E-state index < -0.39 is 0 Å². The van der Waals surface area contributed by atoms with E-state index in [9.17, 15) is 0 Å². The van der Waals surface area contributed by atoms with Crippen LogP contribution >= 0.6 is 23.4 Å². The molecule has 0 fully saturated rings. The van der Waals surface area contributed by atoms with Gasteiger partial charge in [0.25, 0.3) is 0 Å². The Hall–Kier alpha value is -2.57. The lowest BCUT2D eigenvalue weighted by atomic mass is 10.2. The Balaban J connectivity index is 1.73. The van der Waals surface area contributed by atoms with E-state index in [0.29, 0.717) is 5.02 Å². The molecule has 7 heteroatoms. The second-order valence-electron chi connectivity index (χ2n) is 5.79. The van der Waals surface area contributed by atoms with Gasteiger partial charge in [-0.3, -0.25) is 9.25 Å². The summed E-state index contributed by atoms with van der Waals surface area (Å²) in [5.74, 6) is 1.57. The van der Waals surface area contributed by atoms with Crippen molar-refractivity contribution < 1.29 is 0 Å². The van der Waals surface area contributed by atoms with Crippen molar-refractivity contribution in [2.75, 3.05) is 0 Å². The van der Waals surface area contributed by atoms with Crippen molar-refractivity contribution in [1.29, 1.82) is 0 Å². The van der Waals surface area contributed by atoms with Gasteiger partial charge in [-0.15, -0.1) is 10.2 Å². The van der Waals surface area contributed by atoms with Gasteiger partial charge in [-0.25, -0.2) is 0 Å². The molecule has 4 aromatic rings. The number of hydrogen-bond acceptors (Lipinski definition) is 4. The number of hydrogen-bond donors (Lipinski definition) is 0. The molecular formula is C19H16ClN5S. The van der Waals surface area contributed by atoms with Gasteiger partial charge in [-0.2, -0.15) is 5.10 Å². The highest BCUT2D eigenvalue weighted by atomic mass is 35.5. The summed E-state index contributed by atoms with van der Waals surface area (Å²) in [5.41, 5.74) is 3.14. The molecule has 2 aromatic heterocycles. The molecular weight excluding hydrogens is 366 g/mol. The zero-order valence-electron chi connectivity index (χ0n) is 14.1. The van der Waals surface area contributed by atoms with Crippen molar-refractivity contribution in [3.05, 3.63) is 77.6 Å². The third-order valence-corrected chi connectivity index (χ3v) is 5.13. The van der Waals surface area contributed by atoms with Gasteiger partial charge in [0.2, 0.25) is 0 Å². The number of benzene rings is 2. The first-order chi connectivity index (χ1) is 12.7. The van der Waals surface area contributed by atoms with Gasteiger partial charge in [0, 0.05) is 40.8 Å². The van der Waals surface area contributed by atoms with Crippen molar-refractivity contribution in [3.63, 3.8) is 0 Å². The number of aryl methyl sites for hydroxylation is 1. The summed E-state index contributed by atoms with van der Waals surface area (Å²) in [6.45, 7) is 0. The fourth-order valence-corrected chi connectivity index (χ4v) is 3.64. The van der Waals surface area contributed by atoms with Crippen molar-refractivity contribution in [2.45, 2.75) is 10.9 Å². The van der Waals surface area contributed by atoms with E-state index in [1.807, 2.05) is 61.9 Å². The average molecular weight is 382 g/mol. The number of thioether (sulfide) groups is 1. The van der Waals surface area contributed by atoms with Gasteiger partial charge >= 0.3 is 0 Å². The first-order valence-corrected chi connectivity index (χ1v) is 9.44. The molecule has 5 nitrogen and oxygen atoms in total. The predicted molar refractivity (Wildman–Crippen MR) is 105 cm³/mol. The molecule has 0 amide bonds. The fourth-order valence-electron chi connectivity index (χ4n) is 2.65. The van der Waals surface area contributed by atoms with E-state index in [1.165, 1.54) is 0 Å². The van der Waals surface area contributed by atoms with Gasteiger partial charge in [-0.05, 0) is 36.4 Å². The first-order valence-electron chi connectivity index (χ1n) is 8.08. The molecule has 0 aliphatic rings. The van der Waals surface area contributed by atoms with E-state index in [4.69, 9.17) is 11.6 Å². The minimum Gasteiger partial charge on any atom is -0.276 e. The van der Waals surface area contributed by atoms with Crippen LogP contribution in [0.4, 0.5) is 0 Å².